The standard InChI is InChI=1S/C33H41N5O2/c1-9-21-18(6)26(36-28(21)14-25(34)31(39)12-4)15-27-19(7)22(10-2)29(37-27)16-30-23(11-3)20(8)33(38-30)24-17-35-40-32(24)13-5/h14-17,34,36-37H,9-13H2,1-8H3/b26-15-,28-14+,30-16?,34-25?. The van der Waals surface area contributed by atoms with E-state index in [1.807, 2.05) is 0 Å². The van der Waals surface area contributed by atoms with E-state index in [1.165, 1.54) is 22.3 Å². The van der Waals surface area contributed by atoms with Gasteiger partial charge >= 0.3 is 0 Å². The summed E-state index contributed by atoms with van der Waals surface area (Å²) in [6.45, 7) is 16.7. The van der Waals surface area contributed by atoms with Crippen molar-refractivity contribution >= 4 is 35.4 Å². The van der Waals surface area contributed by atoms with Gasteiger partial charge in [0.2, 0.25) is 0 Å². The summed E-state index contributed by atoms with van der Waals surface area (Å²) in [5.41, 5.74) is 12.1. The summed E-state index contributed by atoms with van der Waals surface area (Å²) in [5, 5.41) is 14.0. The van der Waals surface area contributed by atoms with E-state index in [0.717, 1.165) is 81.6 Å². The van der Waals surface area contributed by atoms with Crippen LogP contribution in [0.1, 0.15) is 99.3 Å². The van der Waals surface area contributed by atoms with E-state index in [1.54, 1.807) is 19.2 Å². The predicted octanol–water partition coefficient (Wildman–Crippen LogP) is 5.81. The maximum Gasteiger partial charge on any atom is 0.180 e. The van der Waals surface area contributed by atoms with Crippen molar-refractivity contribution in [2.45, 2.75) is 87.5 Å². The fourth-order valence-electron chi connectivity index (χ4n) is 5.65. The molecule has 0 aromatic carbocycles. The zero-order valence-electron chi connectivity index (χ0n) is 25.1. The Morgan fingerprint density at radius 2 is 1.62 bits per heavy atom. The first-order chi connectivity index (χ1) is 19.2. The highest BCUT2D eigenvalue weighted by Crippen LogP contribution is 2.34. The molecule has 0 amide bonds. The number of hydrogen-bond acceptors (Lipinski definition) is 5. The Morgan fingerprint density at radius 3 is 2.25 bits per heavy atom. The van der Waals surface area contributed by atoms with Crippen molar-refractivity contribution in [2.24, 2.45) is 4.99 Å². The lowest BCUT2D eigenvalue weighted by atomic mass is 9.98. The summed E-state index contributed by atoms with van der Waals surface area (Å²) in [6.07, 6.45) is 11.4. The Balaban J connectivity index is 1.83. The van der Waals surface area contributed by atoms with Crippen molar-refractivity contribution in [1.82, 2.24) is 15.1 Å². The van der Waals surface area contributed by atoms with Gasteiger partial charge in [-0.3, -0.25) is 10.2 Å². The molecule has 0 atom stereocenters. The zero-order valence-corrected chi connectivity index (χ0v) is 25.1. The van der Waals surface area contributed by atoms with E-state index in [9.17, 15) is 4.79 Å². The van der Waals surface area contributed by atoms with E-state index < -0.39 is 0 Å². The number of aliphatic imine (C=N–C) groups is 1. The largest absolute Gasteiger partial charge is 0.361 e. The lowest BCUT2D eigenvalue weighted by molar-refractivity contribution is -0.112. The quantitative estimate of drug-likeness (QED) is 0.283. The molecular weight excluding hydrogens is 498 g/mol. The van der Waals surface area contributed by atoms with E-state index in [2.05, 4.69) is 75.7 Å². The lowest BCUT2D eigenvalue weighted by Crippen LogP contribution is -2.18. The smallest absolute Gasteiger partial charge is 0.180 e. The highest BCUT2D eigenvalue weighted by atomic mass is 16.5. The van der Waals surface area contributed by atoms with Gasteiger partial charge in [-0.2, -0.15) is 0 Å². The number of ketones is 1. The van der Waals surface area contributed by atoms with Crippen LogP contribution in [0.5, 0.6) is 0 Å². The van der Waals surface area contributed by atoms with Gasteiger partial charge in [-0.25, -0.2) is 4.99 Å². The number of aromatic nitrogens is 3. The molecule has 3 N–H and O–H groups in total. The van der Waals surface area contributed by atoms with Crippen LogP contribution < -0.4 is 10.7 Å². The molecule has 3 aromatic heterocycles. The molecule has 210 valence electrons. The number of carbonyl (C=O) groups excluding carboxylic acids is 1. The number of hydrogen-bond donors (Lipinski definition) is 3. The number of allylic oxidation sites excluding steroid dienone is 2. The van der Waals surface area contributed by atoms with Gasteiger partial charge in [0.05, 0.1) is 28.9 Å². The van der Waals surface area contributed by atoms with Crippen molar-refractivity contribution in [3.63, 3.8) is 0 Å². The molecular formula is C33H41N5O2. The van der Waals surface area contributed by atoms with E-state index in [4.69, 9.17) is 14.9 Å². The molecule has 0 bridgehead atoms. The fraction of sp³-hybridized carbons (Fsp3) is 0.394. The van der Waals surface area contributed by atoms with Gasteiger partial charge in [-0.1, -0.05) is 39.8 Å². The lowest BCUT2D eigenvalue weighted by Gasteiger charge is -2.03. The zero-order chi connectivity index (χ0) is 29.1. The van der Waals surface area contributed by atoms with Crippen molar-refractivity contribution < 1.29 is 9.32 Å². The SMILES string of the molecule is CCC(=O)C(=N)/C=c1/[nH]/c(=C\c2[nH]c(C=C3N=C(c4cnoc4CC)C(C)=C3CC)c(CC)c2C)c(C)c1CC. The number of aryl methyl sites for hydroxylation is 1. The molecule has 7 heteroatoms. The second kappa shape index (κ2) is 12.0. The van der Waals surface area contributed by atoms with Crippen LogP contribution in [0.15, 0.2) is 32.6 Å². The van der Waals surface area contributed by atoms with Crippen molar-refractivity contribution in [1.29, 1.82) is 5.41 Å². The molecule has 0 radical (unpaired) electrons. The first-order valence-electron chi connectivity index (χ1n) is 14.4. The van der Waals surface area contributed by atoms with Crippen LogP contribution in [0.2, 0.25) is 0 Å². The average Bonchev–Trinajstić information content (AvgIpc) is 3.68. The monoisotopic (exact) mass is 539 g/mol. The minimum Gasteiger partial charge on any atom is -0.361 e. The molecule has 0 spiro atoms. The maximum atomic E-state index is 12.0. The highest BCUT2D eigenvalue weighted by Gasteiger charge is 2.25. The summed E-state index contributed by atoms with van der Waals surface area (Å²) < 4.78 is 5.46. The Morgan fingerprint density at radius 1 is 0.900 bits per heavy atom. The number of nitrogens with one attached hydrogen (secondary N) is 3. The number of rotatable bonds is 10. The summed E-state index contributed by atoms with van der Waals surface area (Å²) in [4.78, 5) is 24.3. The Labute approximate surface area is 236 Å². The first-order valence-corrected chi connectivity index (χ1v) is 14.4. The molecule has 0 fully saturated rings. The van der Waals surface area contributed by atoms with E-state index in [-0.39, 0.29) is 11.5 Å². The van der Waals surface area contributed by atoms with E-state index in [0.29, 0.717) is 6.42 Å². The van der Waals surface area contributed by atoms with Crippen molar-refractivity contribution in [3.05, 3.63) is 78.7 Å². The van der Waals surface area contributed by atoms with Crippen molar-refractivity contribution in [2.75, 3.05) is 0 Å². The van der Waals surface area contributed by atoms with Gasteiger partial charge < -0.3 is 14.5 Å². The number of Topliss-reactive ketones (excluding diaryl/α,β-unsaturated/α-hetero) is 1. The second-order valence-electron chi connectivity index (χ2n) is 10.3. The Bertz CT molecular complexity index is 1680. The highest BCUT2D eigenvalue weighted by molar-refractivity contribution is 6.49. The van der Waals surface area contributed by atoms with Gasteiger partial charge in [0.1, 0.15) is 5.76 Å². The molecule has 4 heterocycles. The van der Waals surface area contributed by atoms with Crippen LogP contribution >= 0.6 is 0 Å². The molecule has 7 nitrogen and oxygen atoms in total. The third-order valence-electron chi connectivity index (χ3n) is 8.01. The summed E-state index contributed by atoms with van der Waals surface area (Å²) >= 11 is 0. The number of H-pyrrole nitrogens is 2. The Kier molecular flexibility index (Phi) is 8.72. The summed E-state index contributed by atoms with van der Waals surface area (Å²) in [7, 11) is 0. The number of aromatic amines is 2. The number of nitrogens with zero attached hydrogens (tertiary/aromatic N) is 2. The summed E-state index contributed by atoms with van der Waals surface area (Å²) in [5.74, 6) is 0.698. The van der Waals surface area contributed by atoms with E-state index >= 15 is 0 Å². The van der Waals surface area contributed by atoms with Crippen LogP contribution in [0, 0.1) is 19.3 Å². The average molecular weight is 540 g/mol. The first kappa shape index (κ1) is 29.0. The van der Waals surface area contributed by atoms with Crippen molar-refractivity contribution in [3.8, 4) is 0 Å². The molecule has 3 aromatic rings. The molecule has 40 heavy (non-hydrogen) atoms. The third kappa shape index (κ3) is 5.25. The van der Waals surface area contributed by atoms with Gasteiger partial charge in [0.15, 0.2) is 5.78 Å². The van der Waals surface area contributed by atoms with Gasteiger partial charge in [-0.05, 0) is 91.7 Å². The molecule has 0 saturated heterocycles. The molecule has 1 aliphatic heterocycles. The molecule has 0 aliphatic carbocycles. The van der Waals surface area contributed by atoms with Crippen LogP contribution in [-0.2, 0) is 24.1 Å². The molecule has 4 rings (SSSR count). The van der Waals surface area contributed by atoms with Crippen LogP contribution in [0.4, 0.5) is 0 Å². The topological polar surface area (TPSA) is 111 Å². The molecule has 0 unspecified atom stereocenters. The normalized spacial score (nSPS) is 15.6. The van der Waals surface area contributed by atoms with Crippen LogP contribution in [0.3, 0.4) is 0 Å². The van der Waals surface area contributed by atoms with Gasteiger partial charge in [-0.15, -0.1) is 0 Å². The predicted molar refractivity (Wildman–Crippen MR) is 164 cm³/mol. The molecule has 0 saturated carbocycles. The fourth-order valence-corrected chi connectivity index (χ4v) is 5.65. The van der Waals surface area contributed by atoms with Gasteiger partial charge in [0, 0.05) is 34.9 Å². The van der Waals surface area contributed by atoms with Crippen LogP contribution in [-0.4, -0.2) is 32.3 Å². The minimum absolute atomic E-state index is 0.0343. The molecule has 1 aliphatic rings. The van der Waals surface area contributed by atoms with Crippen LogP contribution in [0.25, 0.3) is 18.2 Å². The summed E-state index contributed by atoms with van der Waals surface area (Å²) in [6, 6.07) is 0. The maximum absolute atomic E-state index is 12.0. The Hall–Kier alpha value is -4.00. The van der Waals surface area contributed by atoms with Gasteiger partial charge in [0.25, 0.3) is 0 Å². The minimum atomic E-state index is -0.159. The third-order valence-corrected chi connectivity index (χ3v) is 8.01. The number of carbonyl (C=O) groups is 1. The second-order valence-corrected chi connectivity index (χ2v) is 10.3.